The molecule has 15 heavy (non-hydrogen) atoms. The Kier molecular flexibility index (Phi) is 7.08. The highest BCUT2D eigenvalue weighted by atomic mass is 79.9. The molecule has 0 aromatic rings. The standard InChI is InChI=1S/C12H19BrO2/c1-2-3-4-5-6-7-9-14-12-11(13)8-10-15-12/h11-12H,2-5,8-10H2,1H3. The van der Waals surface area contributed by atoms with Gasteiger partial charge in [-0.05, 0) is 12.8 Å². The molecule has 1 aliphatic rings. The summed E-state index contributed by atoms with van der Waals surface area (Å²) in [4.78, 5) is 0.333. The van der Waals surface area contributed by atoms with Crippen molar-refractivity contribution in [3.63, 3.8) is 0 Å². The number of rotatable bonds is 5. The molecule has 3 heteroatoms. The number of hydrogen-bond donors (Lipinski definition) is 0. The molecule has 2 atom stereocenters. The van der Waals surface area contributed by atoms with Crippen molar-refractivity contribution in [3.8, 4) is 11.8 Å². The largest absolute Gasteiger partial charge is 0.351 e. The quantitative estimate of drug-likeness (QED) is 0.436. The third-order valence-corrected chi connectivity index (χ3v) is 3.21. The van der Waals surface area contributed by atoms with E-state index in [0.717, 1.165) is 19.4 Å². The van der Waals surface area contributed by atoms with Gasteiger partial charge >= 0.3 is 0 Å². The van der Waals surface area contributed by atoms with E-state index in [0.29, 0.717) is 11.4 Å². The molecular formula is C12H19BrO2. The van der Waals surface area contributed by atoms with Crippen LogP contribution in [0.4, 0.5) is 0 Å². The van der Waals surface area contributed by atoms with Gasteiger partial charge in [-0.2, -0.15) is 0 Å². The van der Waals surface area contributed by atoms with Crippen LogP contribution < -0.4 is 0 Å². The van der Waals surface area contributed by atoms with Crippen LogP contribution in [-0.4, -0.2) is 24.3 Å². The molecular weight excluding hydrogens is 256 g/mol. The summed E-state index contributed by atoms with van der Waals surface area (Å²) in [7, 11) is 0. The zero-order chi connectivity index (χ0) is 10.9. The Morgan fingerprint density at radius 3 is 2.93 bits per heavy atom. The molecule has 0 spiro atoms. The minimum atomic E-state index is -0.102. The van der Waals surface area contributed by atoms with E-state index < -0.39 is 0 Å². The Bertz CT molecular complexity index is 219. The normalized spacial score (nSPS) is 24.9. The zero-order valence-corrected chi connectivity index (χ0v) is 10.9. The highest BCUT2D eigenvalue weighted by molar-refractivity contribution is 9.09. The summed E-state index contributed by atoms with van der Waals surface area (Å²) in [5.41, 5.74) is 0. The first kappa shape index (κ1) is 13.0. The van der Waals surface area contributed by atoms with E-state index in [4.69, 9.17) is 9.47 Å². The van der Waals surface area contributed by atoms with Crippen molar-refractivity contribution < 1.29 is 9.47 Å². The van der Waals surface area contributed by atoms with Crippen LogP contribution in [-0.2, 0) is 9.47 Å². The molecule has 0 saturated carbocycles. The second-order valence-electron chi connectivity index (χ2n) is 3.67. The molecule has 1 heterocycles. The lowest BCUT2D eigenvalue weighted by Gasteiger charge is -2.11. The SMILES string of the molecule is CCCCCC#CCOC1OCCC1Br. The summed E-state index contributed by atoms with van der Waals surface area (Å²) in [6, 6.07) is 0. The molecule has 0 radical (unpaired) electrons. The third kappa shape index (κ3) is 5.55. The van der Waals surface area contributed by atoms with Crippen LogP contribution in [0.3, 0.4) is 0 Å². The Labute approximate surface area is 101 Å². The van der Waals surface area contributed by atoms with Gasteiger partial charge in [-0.1, -0.05) is 41.6 Å². The maximum atomic E-state index is 5.48. The van der Waals surface area contributed by atoms with Crippen LogP contribution in [0.25, 0.3) is 0 Å². The lowest BCUT2D eigenvalue weighted by molar-refractivity contribution is -0.0962. The van der Waals surface area contributed by atoms with E-state index >= 15 is 0 Å². The lowest BCUT2D eigenvalue weighted by Crippen LogP contribution is -2.19. The van der Waals surface area contributed by atoms with Crippen molar-refractivity contribution >= 4 is 15.9 Å². The van der Waals surface area contributed by atoms with E-state index in [-0.39, 0.29) is 6.29 Å². The van der Waals surface area contributed by atoms with Crippen LogP contribution in [0.15, 0.2) is 0 Å². The number of ether oxygens (including phenoxy) is 2. The summed E-state index contributed by atoms with van der Waals surface area (Å²) in [6.45, 7) is 3.47. The second kappa shape index (κ2) is 8.15. The molecule has 0 aliphatic carbocycles. The van der Waals surface area contributed by atoms with Crippen LogP contribution in [0.1, 0.15) is 39.0 Å². The fraction of sp³-hybridized carbons (Fsp3) is 0.833. The highest BCUT2D eigenvalue weighted by Gasteiger charge is 2.25. The molecule has 0 amide bonds. The molecule has 2 nitrogen and oxygen atoms in total. The Morgan fingerprint density at radius 1 is 1.40 bits per heavy atom. The summed E-state index contributed by atoms with van der Waals surface area (Å²) in [5, 5.41) is 0. The van der Waals surface area contributed by atoms with Crippen LogP contribution in [0.2, 0.25) is 0 Å². The van der Waals surface area contributed by atoms with Gasteiger partial charge in [0.25, 0.3) is 0 Å². The van der Waals surface area contributed by atoms with Gasteiger partial charge in [0, 0.05) is 6.42 Å². The molecule has 0 aromatic heterocycles. The summed E-state index contributed by atoms with van der Waals surface area (Å²) < 4.78 is 10.9. The monoisotopic (exact) mass is 274 g/mol. The lowest BCUT2D eigenvalue weighted by atomic mass is 10.2. The van der Waals surface area contributed by atoms with Crippen molar-refractivity contribution in [2.45, 2.75) is 50.1 Å². The molecule has 1 fully saturated rings. The first-order chi connectivity index (χ1) is 7.34. The molecule has 86 valence electrons. The Hall–Kier alpha value is -0.0400. The Morgan fingerprint density at radius 2 is 2.27 bits per heavy atom. The Balaban J connectivity index is 2.00. The van der Waals surface area contributed by atoms with Gasteiger partial charge in [0.2, 0.25) is 0 Å². The average Bonchev–Trinajstić information content (AvgIpc) is 2.63. The van der Waals surface area contributed by atoms with Crippen molar-refractivity contribution in [1.82, 2.24) is 0 Å². The van der Waals surface area contributed by atoms with Crippen LogP contribution in [0, 0.1) is 11.8 Å². The number of halogens is 1. The topological polar surface area (TPSA) is 18.5 Å². The van der Waals surface area contributed by atoms with Gasteiger partial charge in [0.1, 0.15) is 6.61 Å². The predicted molar refractivity (Wildman–Crippen MR) is 64.9 cm³/mol. The average molecular weight is 275 g/mol. The maximum absolute atomic E-state index is 5.48. The number of alkyl halides is 1. The van der Waals surface area contributed by atoms with Gasteiger partial charge < -0.3 is 9.47 Å². The molecule has 0 N–H and O–H groups in total. The summed E-state index contributed by atoms with van der Waals surface area (Å²) in [5.74, 6) is 6.13. The van der Waals surface area contributed by atoms with Gasteiger partial charge in [0.05, 0.1) is 11.4 Å². The van der Waals surface area contributed by atoms with E-state index in [1.807, 2.05) is 0 Å². The first-order valence-corrected chi connectivity index (χ1v) is 6.59. The van der Waals surface area contributed by atoms with Crippen LogP contribution >= 0.6 is 15.9 Å². The maximum Gasteiger partial charge on any atom is 0.171 e. The zero-order valence-electron chi connectivity index (χ0n) is 9.30. The van der Waals surface area contributed by atoms with E-state index in [1.54, 1.807) is 0 Å². The van der Waals surface area contributed by atoms with Gasteiger partial charge in [-0.15, -0.1) is 5.92 Å². The van der Waals surface area contributed by atoms with Crippen LogP contribution in [0.5, 0.6) is 0 Å². The minimum absolute atomic E-state index is 0.102. The fourth-order valence-corrected chi connectivity index (χ4v) is 1.91. The van der Waals surface area contributed by atoms with E-state index in [9.17, 15) is 0 Å². The predicted octanol–water partition coefficient (Wildman–Crippen LogP) is 3.10. The first-order valence-electron chi connectivity index (χ1n) is 5.67. The molecule has 1 saturated heterocycles. The van der Waals surface area contributed by atoms with E-state index in [2.05, 4.69) is 34.7 Å². The second-order valence-corrected chi connectivity index (χ2v) is 4.84. The van der Waals surface area contributed by atoms with Crippen molar-refractivity contribution in [3.05, 3.63) is 0 Å². The number of unbranched alkanes of at least 4 members (excludes halogenated alkanes) is 3. The fourth-order valence-electron chi connectivity index (χ4n) is 1.42. The van der Waals surface area contributed by atoms with E-state index in [1.165, 1.54) is 19.3 Å². The van der Waals surface area contributed by atoms with Gasteiger partial charge in [0.15, 0.2) is 6.29 Å². The molecule has 0 aromatic carbocycles. The smallest absolute Gasteiger partial charge is 0.171 e. The van der Waals surface area contributed by atoms with Crippen molar-refractivity contribution in [2.75, 3.05) is 13.2 Å². The van der Waals surface area contributed by atoms with Gasteiger partial charge in [-0.3, -0.25) is 0 Å². The highest BCUT2D eigenvalue weighted by Crippen LogP contribution is 2.21. The summed E-state index contributed by atoms with van der Waals surface area (Å²) >= 11 is 3.51. The number of hydrogen-bond acceptors (Lipinski definition) is 2. The summed E-state index contributed by atoms with van der Waals surface area (Å²) in [6.07, 6.45) is 5.62. The van der Waals surface area contributed by atoms with Crippen molar-refractivity contribution in [2.24, 2.45) is 0 Å². The molecule has 1 rings (SSSR count). The van der Waals surface area contributed by atoms with Gasteiger partial charge in [-0.25, -0.2) is 0 Å². The third-order valence-electron chi connectivity index (χ3n) is 2.32. The molecule has 1 aliphatic heterocycles. The molecule has 2 unspecified atom stereocenters. The van der Waals surface area contributed by atoms with Crippen molar-refractivity contribution in [1.29, 1.82) is 0 Å². The molecule has 0 bridgehead atoms. The minimum Gasteiger partial charge on any atom is -0.351 e.